The summed E-state index contributed by atoms with van der Waals surface area (Å²) in [4.78, 5) is 8.50. The van der Waals surface area contributed by atoms with Gasteiger partial charge in [-0.2, -0.15) is 4.98 Å². The quantitative estimate of drug-likeness (QED) is 0.896. The molecule has 0 aliphatic heterocycles. The van der Waals surface area contributed by atoms with E-state index in [1.807, 2.05) is 13.8 Å². The SMILES string of the molecule is Cc1cc(C)c(C(C)NCc2ncon2)c(C)n1. The van der Waals surface area contributed by atoms with Crippen molar-refractivity contribution in [2.75, 3.05) is 0 Å². The molecule has 18 heavy (non-hydrogen) atoms. The third-order valence-corrected chi connectivity index (χ3v) is 2.99. The molecule has 2 aromatic heterocycles. The van der Waals surface area contributed by atoms with E-state index in [2.05, 4.69) is 40.4 Å². The average Bonchev–Trinajstić information content (AvgIpc) is 2.77. The molecule has 0 saturated heterocycles. The molecule has 0 bridgehead atoms. The first-order valence-corrected chi connectivity index (χ1v) is 6.01. The fourth-order valence-electron chi connectivity index (χ4n) is 2.31. The molecule has 0 radical (unpaired) electrons. The van der Waals surface area contributed by atoms with E-state index in [0.717, 1.165) is 11.4 Å². The summed E-state index contributed by atoms with van der Waals surface area (Å²) < 4.78 is 4.70. The molecule has 0 saturated carbocycles. The van der Waals surface area contributed by atoms with Crippen LogP contribution in [0.1, 0.15) is 41.3 Å². The molecular formula is C13H18N4O. The molecular weight excluding hydrogens is 228 g/mol. The van der Waals surface area contributed by atoms with Crippen molar-refractivity contribution in [3.63, 3.8) is 0 Å². The van der Waals surface area contributed by atoms with E-state index in [4.69, 9.17) is 4.52 Å². The lowest BCUT2D eigenvalue weighted by Gasteiger charge is -2.18. The van der Waals surface area contributed by atoms with E-state index >= 15 is 0 Å². The molecule has 5 nitrogen and oxygen atoms in total. The van der Waals surface area contributed by atoms with Gasteiger partial charge in [-0.1, -0.05) is 5.16 Å². The number of aromatic nitrogens is 3. The maximum atomic E-state index is 4.70. The van der Waals surface area contributed by atoms with Crippen molar-refractivity contribution in [3.05, 3.63) is 40.8 Å². The molecule has 0 aromatic carbocycles. The molecule has 0 fully saturated rings. The second kappa shape index (κ2) is 5.27. The Balaban J connectivity index is 2.11. The Bertz CT molecular complexity index is 499. The molecule has 2 aromatic rings. The maximum absolute atomic E-state index is 4.70. The van der Waals surface area contributed by atoms with Crippen LogP contribution in [-0.4, -0.2) is 15.1 Å². The Morgan fingerprint density at radius 1 is 1.33 bits per heavy atom. The van der Waals surface area contributed by atoms with Crippen molar-refractivity contribution in [2.24, 2.45) is 0 Å². The predicted octanol–water partition coefficient (Wildman–Crippen LogP) is 2.24. The molecule has 1 N–H and O–H groups in total. The molecule has 0 amide bonds. The number of hydrogen-bond acceptors (Lipinski definition) is 5. The highest BCUT2D eigenvalue weighted by Gasteiger charge is 2.13. The van der Waals surface area contributed by atoms with Crippen molar-refractivity contribution in [3.8, 4) is 0 Å². The molecule has 2 heterocycles. The van der Waals surface area contributed by atoms with Crippen LogP contribution in [0.2, 0.25) is 0 Å². The summed E-state index contributed by atoms with van der Waals surface area (Å²) in [6, 6.07) is 2.31. The van der Waals surface area contributed by atoms with Crippen molar-refractivity contribution >= 4 is 0 Å². The van der Waals surface area contributed by atoms with Gasteiger partial charge in [0.2, 0.25) is 6.39 Å². The molecule has 0 aliphatic carbocycles. The van der Waals surface area contributed by atoms with Crippen LogP contribution in [0.15, 0.2) is 17.0 Å². The lowest BCUT2D eigenvalue weighted by atomic mass is 10.0. The van der Waals surface area contributed by atoms with Gasteiger partial charge < -0.3 is 9.84 Å². The Hall–Kier alpha value is -1.75. The smallest absolute Gasteiger partial charge is 0.213 e. The summed E-state index contributed by atoms with van der Waals surface area (Å²) in [7, 11) is 0. The summed E-state index contributed by atoms with van der Waals surface area (Å²) in [5, 5.41) is 7.15. The van der Waals surface area contributed by atoms with E-state index in [-0.39, 0.29) is 6.04 Å². The highest BCUT2D eigenvalue weighted by Crippen LogP contribution is 2.21. The third kappa shape index (κ3) is 2.73. The lowest BCUT2D eigenvalue weighted by Crippen LogP contribution is -2.21. The Kier molecular flexibility index (Phi) is 3.72. The lowest BCUT2D eigenvalue weighted by molar-refractivity contribution is 0.405. The van der Waals surface area contributed by atoms with Gasteiger partial charge in [0, 0.05) is 17.4 Å². The Morgan fingerprint density at radius 2 is 2.11 bits per heavy atom. The fraction of sp³-hybridized carbons (Fsp3) is 0.462. The monoisotopic (exact) mass is 246 g/mol. The number of hydrogen-bond donors (Lipinski definition) is 1. The van der Waals surface area contributed by atoms with Gasteiger partial charge in [0.05, 0.1) is 6.54 Å². The van der Waals surface area contributed by atoms with E-state index in [0.29, 0.717) is 12.4 Å². The zero-order chi connectivity index (χ0) is 13.1. The standard InChI is InChI=1S/C13H18N4O/c1-8-5-9(2)16-11(4)13(8)10(3)14-6-12-15-7-18-17-12/h5,7,10,14H,6H2,1-4H3. The van der Waals surface area contributed by atoms with Crippen molar-refractivity contribution in [1.82, 2.24) is 20.4 Å². The van der Waals surface area contributed by atoms with Crippen LogP contribution in [0.5, 0.6) is 0 Å². The minimum Gasteiger partial charge on any atom is -0.343 e. The zero-order valence-electron chi connectivity index (χ0n) is 11.2. The van der Waals surface area contributed by atoms with E-state index in [1.54, 1.807) is 0 Å². The molecule has 5 heteroatoms. The summed E-state index contributed by atoms with van der Waals surface area (Å²) in [5.41, 5.74) is 4.62. The highest BCUT2D eigenvalue weighted by molar-refractivity contribution is 5.33. The maximum Gasteiger partial charge on any atom is 0.213 e. The minimum absolute atomic E-state index is 0.205. The van der Waals surface area contributed by atoms with Gasteiger partial charge in [-0.3, -0.25) is 4.98 Å². The van der Waals surface area contributed by atoms with E-state index in [9.17, 15) is 0 Å². The summed E-state index contributed by atoms with van der Waals surface area (Å²) in [6.45, 7) is 8.88. The second-order valence-corrected chi connectivity index (χ2v) is 4.53. The first-order chi connectivity index (χ1) is 8.58. The molecule has 1 unspecified atom stereocenters. The summed E-state index contributed by atoms with van der Waals surface area (Å²) >= 11 is 0. The van der Waals surface area contributed by atoms with E-state index in [1.165, 1.54) is 17.5 Å². The largest absolute Gasteiger partial charge is 0.343 e. The average molecular weight is 246 g/mol. The summed E-state index contributed by atoms with van der Waals surface area (Å²) in [6.07, 6.45) is 1.34. The number of pyridine rings is 1. The van der Waals surface area contributed by atoms with Gasteiger partial charge in [0.25, 0.3) is 0 Å². The zero-order valence-corrected chi connectivity index (χ0v) is 11.2. The molecule has 2 rings (SSSR count). The van der Waals surface area contributed by atoms with Crippen LogP contribution in [0.25, 0.3) is 0 Å². The van der Waals surface area contributed by atoms with Crippen LogP contribution in [0, 0.1) is 20.8 Å². The van der Waals surface area contributed by atoms with Crippen molar-refractivity contribution in [2.45, 2.75) is 40.3 Å². The molecule has 0 spiro atoms. The molecule has 1 atom stereocenters. The normalized spacial score (nSPS) is 12.7. The third-order valence-electron chi connectivity index (χ3n) is 2.99. The summed E-state index contributed by atoms with van der Waals surface area (Å²) in [5.74, 6) is 0.664. The molecule has 96 valence electrons. The minimum atomic E-state index is 0.205. The van der Waals surface area contributed by atoms with Crippen LogP contribution in [0.4, 0.5) is 0 Å². The number of nitrogens with zero attached hydrogens (tertiary/aromatic N) is 3. The number of aryl methyl sites for hydroxylation is 3. The fourth-order valence-corrected chi connectivity index (χ4v) is 2.31. The topological polar surface area (TPSA) is 63.8 Å². The Morgan fingerprint density at radius 3 is 2.72 bits per heavy atom. The van der Waals surface area contributed by atoms with Crippen molar-refractivity contribution in [1.29, 1.82) is 0 Å². The Labute approximate surface area is 107 Å². The van der Waals surface area contributed by atoms with Crippen LogP contribution >= 0.6 is 0 Å². The predicted molar refractivity (Wildman–Crippen MR) is 68.0 cm³/mol. The van der Waals surface area contributed by atoms with Crippen molar-refractivity contribution < 1.29 is 4.52 Å². The molecule has 0 aliphatic rings. The van der Waals surface area contributed by atoms with Gasteiger partial charge in [0.15, 0.2) is 5.82 Å². The van der Waals surface area contributed by atoms with Gasteiger partial charge in [-0.15, -0.1) is 0 Å². The van der Waals surface area contributed by atoms with Gasteiger partial charge in [0.1, 0.15) is 0 Å². The second-order valence-electron chi connectivity index (χ2n) is 4.53. The van der Waals surface area contributed by atoms with Crippen LogP contribution in [0.3, 0.4) is 0 Å². The highest BCUT2D eigenvalue weighted by atomic mass is 16.5. The first kappa shape index (κ1) is 12.7. The van der Waals surface area contributed by atoms with E-state index < -0.39 is 0 Å². The van der Waals surface area contributed by atoms with Crippen LogP contribution < -0.4 is 5.32 Å². The number of rotatable bonds is 4. The first-order valence-electron chi connectivity index (χ1n) is 6.01. The van der Waals surface area contributed by atoms with Gasteiger partial charge in [-0.05, 0) is 44.9 Å². The van der Waals surface area contributed by atoms with Crippen LogP contribution in [-0.2, 0) is 6.54 Å². The number of nitrogens with one attached hydrogen (secondary N) is 1. The van der Waals surface area contributed by atoms with Gasteiger partial charge in [-0.25, -0.2) is 0 Å². The van der Waals surface area contributed by atoms with Gasteiger partial charge >= 0.3 is 0 Å².